The summed E-state index contributed by atoms with van der Waals surface area (Å²) in [6, 6.07) is 0. The first kappa shape index (κ1) is 16.1. The van der Waals surface area contributed by atoms with Gasteiger partial charge in [-0.25, -0.2) is 4.79 Å². The van der Waals surface area contributed by atoms with Gasteiger partial charge in [-0.05, 0) is 19.3 Å². The molecule has 0 spiro atoms. The molecule has 2 atom stereocenters. The summed E-state index contributed by atoms with van der Waals surface area (Å²) >= 11 is 0. The Morgan fingerprint density at radius 1 is 1.33 bits per heavy atom. The normalized spacial score (nSPS) is 13.4. The van der Waals surface area contributed by atoms with Crippen molar-refractivity contribution in [3.8, 4) is 0 Å². The largest absolute Gasteiger partial charge is 0.481 e. The minimum atomic E-state index is -1.09. The number of carboxylic acids is 2. The first-order chi connectivity index (χ1) is 8.42. The number of carbonyl (C=O) groups is 3. The molecule has 2 unspecified atom stereocenters. The van der Waals surface area contributed by atoms with E-state index in [1.54, 1.807) is 6.92 Å². The van der Waals surface area contributed by atoms with Crippen molar-refractivity contribution in [2.45, 2.75) is 38.7 Å². The summed E-state index contributed by atoms with van der Waals surface area (Å²) in [5.74, 6) is -3.64. The lowest BCUT2D eigenvalue weighted by atomic mass is 9.94. The highest BCUT2D eigenvalue weighted by atomic mass is 16.5. The fourth-order valence-corrected chi connectivity index (χ4v) is 1.59. The van der Waals surface area contributed by atoms with Gasteiger partial charge in [0.1, 0.15) is 6.10 Å². The molecule has 0 aliphatic rings. The van der Waals surface area contributed by atoms with Crippen molar-refractivity contribution >= 4 is 17.9 Å². The Kier molecular flexibility index (Phi) is 7.42. The van der Waals surface area contributed by atoms with Crippen LogP contribution in [0.15, 0.2) is 12.7 Å². The zero-order valence-electron chi connectivity index (χ0n) is 10.3. The van der Waals surface area contributed by atoms with Crippen LogP contribution in [0.3, 0.4) is 0 Å². The molecule has 0 aromatic heterocycles. The van der Waals surface area contributed by atoms with Crippen LogP contribution in [0.1, 0.15) is 32.6 Å². The number of hydrogen-bond acceptors (Lipinski definition) is 4. The molecule has 2 N–H and O–H groups in total. The van der Waals surface area contributed by atoms with Crippen LogP contribution in [0.4, 0.5) is 0 Å². The monoisotopic (exact) mass is 258 g/mol. The van der Waals surface area contributed by atoms with Crippen LogP contribution in [0.5, 0.6) is 0 Å². The van der Waals surface area contributed by atoms with Crippen molar-refractivity contribution in [2.75, 3.05) is 0 Å². The molecule has 0 rings (SSSR count). The van der Waals surface area contributed by atoms with Crippen LogP contribution < -0.4 is 0 Å². The zero-order valence-corrected chi connectivity index (χ0v) is 10.3. The average molecular weight is 258 g/mol. The minimum absolute atomic E-state index is 0.102. The SMILES string of the molecule is C=CC(=O)OC(CC)C(CCCC(=O)O)C(=O)O. The Bertz CT molecular complexity index is 323. The van der Waals surface area contributed by atoms with Gasteiger partial charge in [0.2, 0.25) is 0 Å². The Morgan fingerprint density at radius 2 is 1.94 bits per heavy atom. The molecule has 0 radical (unpaired) electrons. The predicted octanol–water partition coefficient (Wildman–Crippen LogP) is 1.45. The molecule has 0 aromatic carbocycles. The molecule has 6 nitrogen and oxygen atoms in total. The molecule has 0 amide bonds. The second-order valence-corrected chi connectivity index (χ2v) is 3.82. The van der Waals surface area contributed by atoms with E-state index in [-0.39, 0.29) is 19.3 Å². The third kappa shape index (κ3) is 6.03. The molecule has 0 heterocycles. The van der Waals surface area contributed by atoms with Gasteiger partial charge in [-0.2, -0.15) is 0 Å². The van der Waals surface area contributed by atoms with Crippen molar-refractivity contribution in [1.29, 1.82) is 0 Å². The van der Waals surface area contributed by atoms with Crippen molar-refractivity contribution in [3.05, 3.63) is 12.7 Å². The summed E-state index contributed by atoms with van der Waals surface area (Å²) in [6.45, 7) is 4.94. The van der Waals surface area contributed by atoms with Crippen molar-refractivity contribution < 1.29 is 29.3 Å². The molecule has 18 heavy (non-hydrogen) atoms. The quantitative estimate of drug-likeness (QED) is 0.479. The maximum Gasteiger partial charge on any atom is 0.330 e. The van der Waals surface area contributed by atoms with Gasteiger partial charge in [0.15, 0.2) is 0 Å². The molecule has 0 aliphatic carbocycles. The number of esters is 1. The van der Waals surface area contributed by atoms with E-state index in [9.17, 15) is 14.4 Å². The van der Waals surface area contributed by atoms with Gasteiger partial charge in [0.25, 0.3) is 0 Å². The Morgan fingerprint density at radius 3 is 2.33 bits per heavy atom. The van der Waals surface area contributed by atoms with Gasteiger partial charge in [-0.15, -0.1) is 0 Å². The van der Waals surface area contributed by atoms with Crippen LogP contribution >= 0.6 is 0 Å². The summed E-state index contributed by atoms with van der Waals surface area (Å²) in [5.41, 5.74) is 0. The Labute approximate surface area is 105 Å². The van der Waals surface area contributed by atoms with Gasteiger partial charge < -0.3 is 14.9 Å². The molecule has 0 aromatic rings. The molecule has 0 saturated carbocycles. The number of carbonyl (C=O) groups excluding carboxylic acids is 1. The van der Waals surface area contributed by atoms with E-state index in [1.165, 1.54) is 0 Å². The number of ether oxygens (including phenoxy) is 1. The standard InChI is InChI=1S/C12H18O6/c1-3-9(18-11(15)4-2)8(12(16)17)6-5-7-10(13)14/h4,8-9H,2-3,5-7H2,1H3,(H,13,14)(H,16,17). The average Bonchev–Trinajstić information content (AvgIpc) is 2.31. The lowest BCUT2D eigenvalue weighted by Gasteiger charge is -2.22. The smallest absolute Gasteiger partial charge is 0.330 e. The lowest BCUT2D eigenvalue weighted by molar-refractivity contribution is -0.156. The molecule has 0 fully saturated rings. The summed E-state index contributed by atoms with van der Waals surface area (Å²) in [6.07, 6.45) is 0.846. The van der Waals surface area contributed by atoms with Crippen molar-refractivity contribution in [3.63, 3.8) is 0 Å². The molecule has 0 saturated heterocycles. The van der Waals surface area contributed by atoms with E-state index in [0.29, 0.717) is 6.42 Å². The number of carboxylic acid groups (broad SMARTS) is 2. The molecule has 0 bridgehead atoms. The Balaban J connectivity index is 4.52. The number of rotatable bonds is 9. The van der Waals surface area contributed by atoms with Gasteiger partial charge in [-0.1, -0.05) is 13.5 Å². The van der Waals surface area contributed by atoms with Gasteiger partial charge in [-0.3, -0.25) is 9.59 Å². The molecule has 102 valence electrons. The third-order valence-electron chi connectivity index (χ3n) is 2.51. The second kappa shape index (κ2) is 8.27. The van der Waals surface area contributed by atoms with Gasteiger partial charge in [0, 0.05) is 12.5 Å². The molecular weight excluding hydrogens is 240 g/mol. The van der Waals surface area contributed by atoms with E-state index in [1.807, 2.05) is 0 Å². The van der Waals surface area contributed by atoms with Crippen LogP contribution in [0.25, 0.3) is 0 Å². The molecule has 0 aliphatic heterocycles. The minimum Gasteiger partial charge on any atom is -0.481 e. The predicted molar refractivity (Wildman–Crippen MR) is 63.0 cm³/mol. The summed E-state index contributed by atoms with van der Waals surface area (Å²) < 4.78 is 4.94. The highest BCUT2D eigenvalue weighted by molar-refractivity contribution is 5.82. The van der Waals surface area contributed by atoms with Crippen LogP contribution in [0.2, 0.25) is 0 Å². The van der Waals surface area contributed by atoms with Crippen molar-refractivity contribution in [1.82, 2.24) is 0 Å². The van der Waals surface area contributed by atoms with E-state index in [2.05, 4.69) is 6.58 Å². The van der Waals surface area contributed by atoms with Gasteiger partial charge >= 0.3 is 17.9 Å². The van der Waals surface area contributed by atoms with Crippen LogP contribution in [-0.2, 0) is 19.1 Å². The molecular formula is C12H18O6. The maximum absolute atomic E-state index is 11.1. The van der Waals surface area contributed by atoms with Crippen molar-refractivity contribution in [2.24, 2.45) is 5.92 Å². The van der Waals surface area contributed by atoms with Gasteiger partial charge in [0.05, 0.1) is 5.92 Å². The van der Waals surface area contributed by atoms with E-state index in [4.69, 9.17) is 14.9 Å². The molecule has 6 heteroatoms. The number of hydrogen-bond donors (Lipinski definition) is 2. The fraction of sp³-hybridized carbons (Fsp3) is 0.583. The van der Waals surface area contributed by atoms with E-state index < -0.39 is 29.9 Å². The number of aliphatic carboxylic acids is 2. The summed E-state index contributed by atoms with van der Waals surface area (Å²) in [5, 5.41) is 17.6. The van der Waals surface area contributed by atoms with Crippen LogP contribution in [0, 0.1) is 5.92 Å². The third-order valence-corrected chi connectivity index (χ3v) is 2.51. The van der Waals surface area contributed by atoms with Crippen LogP contribution in [-0.4, -0.2) is 34.2 Å². The van der Waals surface area contributed by atoms with E-state index >= 15 is 0 Å². The summed E-state index contributed by atoms with van der Waals surface area (Å²) in [4.78, 5) is 32.5. The fourth-order valence-electron chi connectivity index (χ4n) is 1.59. The highest BCUT2D eigenvalue weighted by Gasteiger charge is 2.29. The van der Waals surface area contributed by atoms with E-state index in [0.717, 1.165) is 6.08 Å². The second-order valence-electron chi connectivity index (χ2n) is 3.82. The first-order valence-electron chi connectivity index (χ1n) is 5.70. The highest BCUT2D eigenvalue weighted by Crippen LogP contribution is 2.19. The zero-order chi connectivity index (χ0) is 14.1. The Hall–Kier alpha value is -1.85. The topological polar surface area (TPSA) is 101 Å². The maximum atomic E-state index is 11.1. The summed E-state index contributed by atoms with van der Waals surface area (Å²) in [7, 11) is 0. The lowest BCUT2D eigenvalue weighted by Crippen LogP contribution is -2.32. The first-order valence-corrected chi connectivity index (χ1v) is 5.70.